The van der Waals surface area contributed by atoms with Crippen molar-refractivity contribution < 1.29 is 13.2 Å². The van der Waals surface area contributed by atoms with Crippen LogP contribution in [0.1, 0.15) is 32.9 Å². The van der Waals surface area contributed by atoms with Gasteiger partial charge in [-0.1, -0.05) is 47.7 Å². The zero-order chi connectivity index (χ0) is 27.9. The predicted octanol–water partition coefficient (Wildman–Crippen LogP) is 5.20. The molecule has 2 aromatic heterocycles. The van der Waals surface area contributed by atoms with E-state index in [-0.39, 0.29) is 10.8 Å². The number of amides is 1. The summed E-state index contributed by atoms with van der Waals surface area (Å²) in [5.74, 6) is -0.239. The Bertz CT molecular complexity index is 1780. The highest BCUT2D eigenvalue weighted by Crippen LogP contribution is 2.30. The largest absolute Gasteiger partial charge is 0.282 e. The first-order valence-electron chi connectivity index (χ1n) is 13.1. The third-order valence-electron chi connectivity index (χ3n) is 7.23. The molecule has 0 unspecified atom stereocenters. The van der Waals surface area contributed by atoms with Gasteiger partial charge in [0.1, 0.15) is 0 Å². The summed E-state index contributed by atoms with van der Waals surface area (Å²) in [5.41, 5.74) is 5.38. The fourth-order valence-electron chi connectivity index (χ4n) is 5.10. The van der Waals surface area contributed by atoms with Crippen LogP contribution in [-0.2, 0) is 29.5 Å². The van der Waals surface area contributed by atoms with Gasteiger partial charge in [-0.3, -0.25) is 14.4 Å². The van der Waals surface area contributed by atoms with Crippen molar-refractivity contribution in [1.82, 2.24) is 19.1 Å². The zero-order valence-corrected chi connectivity index (χ0v) is 24.0. The Kier molecular flexibility index (Phi) is 6.99. The van der Waals surface area contributed by atoms with Gasteiger partial charge in [0.25, 0.3) is 5.91 Å². The summed E-state index contributed by atoms with van der Waals surface area (Å²) < 4.78 is 31.3. The monoisotopic (exact) mass is 571 g/mol. The molecule has 5 aromatic rings. The number of carbonyl (C=O) groups excluding carboxylic acids is 1. The number of fused-ring (bicyclic) bond motifs is 2. The van der Waals surface area contributed by atoms with Crippen LogP contribution in [0.5, 0.6) is 0 Å². The second kappa shape index (κ2) is 10.6. The molecule has 1 aliphatic rings. The van der Waals surface area contributed by atoms with Crippen LogP contribution in [0.25, 0.3) is 10.2 Å². The third-order valence-corrected chi connectivity index (χ3v) is 10.2. The highest BCUT2D eigenvalue weighted by Gasteiger charge is 2.29. The van der Waals surface area contributed by atoms with Crippen LogP contribution in [0.4, 0.5) is 5.13 Å². The number of hydrogen-bond acceptors (Lipinski definition) is 6. The summed E-state index contributed by atoms with van der Waals surface area (Å²) in [6, 6.07) is 24.0. The van der Waals surface area contributed by atoms with E-state index in [1.807, 2.05) is 73.1 Å². The Balaban J connectivity index is 1.26. The Morgan fingerprint density at radius 2 is 1.70 bits per heavy atom. The quantitative estimate of drug-likeness (QED) is 0.268. The van der Waals surface area contributed by atoms with Crippen molar-refractivity contribution in [2.75, 3.05) is 18.0 Å². The summed E-state index contributed by atoms with van der Waals surface area (Å²) in [6.07, 6.45) is 0.679. The van der Waals surface area contributed by atoms with E-state index in [0.29, 0.717) is 43.3 Å². The van der Waals surface area contributed by atoms with Gasteiger partial charge in [0, 0.05) is 30.9 Å². The standard InChI is InChI=1S/C30H29N5O3S2/c1-21-19-22(2)35(32-21)18-17-34(30-31-27-9-5-6-10-28(27)39-30)29(36)24-11-13-26(14-12-24)40(37,38)33-16-15-23-7-3-4-8-25(23)20-33/h3-14,19H,15-18,20H2,1-2H3. The van der Waals surface area contributed by atoms with Crippen molar-refractivity contribution in [3.63, 3.8) is 0 Å². The maximum atomic E-state index is 13.8. The molecule has 0 fully saturated rings. The molecule has 3 aromatic carbocycles. The average Bonchev–Trinajstić information content (AvgIpc) is 3.54. The molecule has 0 N–H and O–H groups in total. The van der Waals surface area contributed by atoms with E-state index in [1.165, 1.54) is 33.3 Å². The minimum Gasteiger partial charge on any atom is -0.282 e. The van der Waals surface area contributed by atoms with Crippen molar-refractivity contribution in [3.8, 4) is 0 Å². The summed E-state index contributed by atoms with van der Waals surface area (Å²) in [7, 11) is -3.70. The van der Waals surface area contributed by atoms with E-state index < -0.39 is 10.0 Å². The average molecular weight is 572 g/mol. The lowest BCUT2D eigenvalue weighted by Gasteiger charge is -2.28. The van der Waals surface area contributed by atoms with E-state index in [0.717, 1.165) is 27.2 Å². The van der Waals surface area contributed by atoms with Crippen molar-refractivity contribution >= 4 is 42.6 Å². The normalized spacial score (nSPS) is 13.8. The van der Waals surface area contributed by atoms with E-state index >= 15 is 0 Å². The van der Waals surface area contributed by atoms with Gasteiger partial charge in [0.2, 0.25) is 10.0 Å². The molecule has 8 nitrogen and oxygen atoms in total. The summed E-state index contributed by atoms with van der Waals surface area (Å²) in [4.78, 5) is 20.4. The first-order valence-corrected chi connectivity index (χ1v) is 15.4. The smallest absolute Gasteiger partial charge is 0.260 e. The lowest BCUT2D eigenvalue weighted by Crippen LogP contribution is -2.36. The number of rotatable bonds is 7. The molecule has 0 bridgehead atoms. The van der Waals surface area contributed by atoms with Crippen molar-refractivity contribution in [1.29, 1.82) is 0 Å². The number of para-hydroxylation sites is 1. The molecule has 0 radical (unpaired) electrons. The molecule has 0 spiro atoms. The number of aryl methyl sites for hydroxylation is 2. The number of carbonyl (C=O) groups is 1. The lowest BCUT2D eigenvalue weighted by molar-refractivity contribution is 0.0985. The molecule has 6 rings (SSSR count). The number of benzene rings is 3. The van der Waals surface area contributed by atoms with Crippen molar-refractivity contribution in [3.05, 3.63) is 107 Å². The van der Waals surface area contributed by atoms with Crippen LogP contribution in [0.3, 0.4) is 0 Å². The third kappa shape index (κ3) is 5.05. The molecule has 0 saturated carbocycles. The molecular formula is C30H29N5O3S2. The highest BCUT2D eigenvalue weighted by molar-refractivity contribution is 7.89. The van der Waals surface area contributed by atoms with Gasteiger partial charge in [-0.2, -0.15) is 9.40 Å². The van der Waals surface area contributed by atoms with Gasteiger partial charge in [0.15, 0.2) is 5.13 Å². The molecule has 1 amide bonds. The molecule has 0 saturated heterocycles. The Labute approximate surface area is 237 Å². The molecular weight excluding hydrogens is 542 g/mol. The van der Waals surface area contributed by atoms with E-state index in [4.69, 9.17) is 4.98 Å². The fraction of sp³-hybridized carbons (Fsp3) is 0.233. The van der Waals surface area contributed by atoms with Gasteiger partial charge >= 0.3 is 0 Å². The summed E-state index contributed by atoms with van der Waals surface area (Å²) in [6.45, 7) is 5.58. The molecule has 40 heavy (non-hydrogen) atoms. The van der Waals surface area contributed by atoms with Crippen molar-refractivity contribution in [2.24, 2.45) is 0 Å². The fourth-order valence-corrected chi connectivity index (χ4v) is 7.51. The number of hydrogen-bond donors (Lipinski definition) is 0. The topological polar surface area (TPSA) is 88.4 Å². The van der Waals surface area contributed by atoms with Crippen LogP contribution in [0, 0.1) is 13.8 Å². The minimum atomic E-state index is -3.70. The van der Waals surface area contributed by atoms with Gasteiger partial charge in [0.05, 0.1) is 27.4 Å². The molecule has 0 atom stereocenters. The maximum absolute atomic E-state index is 13.8. The SMILES string of the molecule is Cc1cc(C)n(CCN(C(=O)c2ccc(S(=O)(=O)N3CCc4ccccc4C3)cc2)c2nc3ccccc3s2)n1. The minimum absolute atomic E-state index is 0.178. The van der Waals surface area contributed by atoms with Gasteiger partial charge in [-0.05, 0) is 73.9 Å². The number of anilines is 1. The Morgan fingerprint density at radius 3 is 2.42 bits per heavy atom. The van der Waals surface area contributed by atoms with E-state index in [9.17, 15) is 13.2 Å². The molecule has 0 aliphatic carbocycles. The predicted molar refractivity (Wildman–Crippen MR) is 157 cm³/mol. The summed E-state index contributed by atoms with van der Waals surface area (Å²) >= 11 is 1.46. The van der Waals surface area contributed by atoms with Crippen LogP contribution >= 0.6 is 11.3 Å². The Morgan fingerprint density at radius 1 is 0.975 bits per heavy atom. The second-order valence-corrected chi connectivity index (χ2v) is 12.9. The Hall–Kier alpha value is -3.86. The molecule has 3 heterocycles. The lowest BCUT2D eigenvalue weighted by atomic mass is 10.0. The van der Waals surface area contributed by atoms with Gasteiger partial charge in [-0.25, -0.2) is 13.4 Å². The maximum Gasteiger partial charge on any atom is 0.260 e. The second-order valence-electron chi connectivity index (χ2n) is 9.95. The first-order chi connectivity index (χ1) is 19.3. The number of sulfonamides is 1. The van der Waals surface area contributed by atoms with Crippen LogP contribution < -0.4 is 4.90 Å². The highest BCUT2D eigenvalue weighted by atomic mass is 32.2. The van der Waals surface area contributed by atoms with Crippen LogP contribution in [-0.4, -0.2) is 46.5 Å². The molecule has 10 heteroatoms. The zero-order valence-electron chi connectivity index (χ0n) is 22.3. The number of thiazole rings is 1. The summed E-state index contributed by atoms with van der Waals surface area (Å²) in [5, 5.41) is 5.13. The molecule has 1 aliphatic heterocycles. The van der Waals surface area contributed by atoms with Crippen LogP contribution in [0.15, 0.2) is 83.8 Å². The molecule has 204 valence electrons. The number of aromatic nitrogens is 3. The van der Waals surface area contributed by atoms with Gasteiger partial charge in [-0.15, -0.1) is 0 Å². The number of nitrogens with zero attached hydrogens (tertiary/aromatic N) is 5. The van der Waals surface area contributed by atoms with E-state index in [1.54, 1.807) is 17.0 Å². The van der Waals surface area contributed by atoms with Crippen LogP contribution in [0.2, 0.25) is 0 Å². The van der Waals surface area contributed by atoms with E-state index in [2.05, 4.69) is 5.10 Å². The van der Waals surface area contributed by atoms with Gasteiger partial charge < -0.3 is 0 Å². The first kappa shape index (κ1) is 26.4. The van der Waals surface area contributed by atoms with Crippen molar-refractivity contribution in [2.45, 2.75) is 38.3 Å².